The van der Waals surface area contributed by atoms with Crippen LogP contribution in [0.2, 0.25) is 0 Å². The first-order valence-electron chi connectivity index (χ1n) is 6.99. The number of rotatable bonds is 2. The van der Waals surface area contributed by atoms with E-state index in [1.54, 1.807) is 11.3 Å². The molecule has 1 fully saturated rings. The van der Waals surface area contributed by atoms with E-state index in [-0.39, 0.29) is 0 Å². The van der Waals surface area contributed by atoms with Crippen LogP contribution in [0.1, 0.15) is 49.2 Å². The van der Waals surface area contributed by atoms with Gasteiger partial charge in [-0.25, -0.2) is 0 Å². The van der Waals surface area contributed by atoms with E-state index >= 15 is 0 Å². The molecule has 0 aliphatic heterocycles. The molecular formula is C15H19N3S. The van der Waals surface area contributed by atoms with Crippen molar-refractivity contribution in [3.05, 3.63) is 29.0 Å². The SMILES string of the molecule is Cc1ccc(-c2nnc(C3CCC(C)CC3)s2)cn1. The molecule has 0 amide bonds. The average molecular weight is 273 g/mol. The van der Waals surface area contributed by atoms with E-state index in [1.807, 2.05) is 19.2 Å². The van der Waals surface area contributed by atoms with Crippen LogP contribution in [0.15, 0.2) is 18.3 Å². The van der Waals surface area contributed by atoms with Crippen LogP contribution < -0.4 is 0 Å². The standard InChI is InChI=1S/C15H19N3S/c1-10-3-6-12(7-4-10)14-17-18-15(19-14)13-8-5-11(2)16-9-13/h5,8-10,12H,3-4,6-7H2,1-2H3. The number of nitrogens with zero attached hydrogens (tertiary/aromatic N) is 3. The Morgan fingerprint density at radius 2 is 1.89 bits per heavy atom. The first kappa shape index (κ1) is 12.7. The normalized spacial score (nSPS) is 23.5. The van der Waals surface area contributed by atoms with Crippen LogP contribution in [0.4, 0.5) is 0 Å². The van der Waals surface area contributed by atoms with Crippen LogP contribution in [0.5, 0.6) is 0 Å². The maximum absolute atomic E-state index is 4.40. The van der Waals surface area contributed by atoms with Gasteiger partial charge in [-0.1, -0.05) is 31.1 Å². The number of hydrogen-bond donors (Lipinski definition) is 0. The molecule has 0 unspecified atom stereocenters. The topological polar surface area (TPSA) is 38.7 Å². The smallest absolute Gasteiger partial charge is 0.149 e. The average Bonchev–Trinajstić information content (AvgIpc) is 2.90. The lowest BCUT2D eigenvalue weighted by atomic mass is 9.83. The molecule has 0 saturated heterocycles. The summed E-state index contributed by atoms with van der Waals surface area (Å²) in [6.45, 7) is 4.35. The van der Waals surface area contributed by atoms with Crippen molar-refractivity contribution in [1.29, 1.82) is 0 Å². The summed E-state index contributed by atoms with van der Waals surface area (Å²) in [4.78, 5) is 4.33. The summed E-state index contributed by atoms with van der Waals surface area (Å²) in [6.07, 6.45) is 7.07. The molecule has 0 bridgehead atoms. The Bertz CT molecular complexity index is 539. The van der Waals surface area contributed by atoms with Gasteiger partial charge in [-0.2, -0.15) is 0 Å². The Labute approximate surface area is 118 Å². The Balaban J connectivity index is 1.77. The van der Waals surface area contributed by atoms with E-state index in [0.29, 0.717) is 5.92 Å². The van der Waals surface area contributed by atoms with Gasteiger partial charge in [-0.3, -0.25) is 4.98 Å². The summed E-state index contributed by atoms with van der Waals surface area (Å²) in [5.41, 5.74) is 2.12. The van der Waals surface area contributed by atoms with Gasteiger partial charge in [0.15, 0.2) is 0 Å². The Morgan fingerprint density at radius 3 is 2.58 bits per heavy atom. The summed E-state index contributed by atoms with van der Waals surface area (Å²) >= 11 is 1.74. The minimum absolute atomic E-state index is 0.626. The van der Waals surface area contributed by atoms with Gasteiger partial charge < -0.3 is 0 Å². The number of aryl methyl sites for hydroxylation is 1. The second-order valence-electron chi connectivity index (χ2n) is 5.59. The van der Waals surface area contributed by atoms with Crippen LogP contribution in [-0.4, -0.2) is 15.2 Å². The maximum atomic E-state index is 4.40. The quantitative estimate of drug-likeness (QED) is 0.823. The lowest BCUT2D eigenvalue weighted by molar-refractivity contribution is 0.346. The maximum Gasteiger partial charge on any atom is 0.149 e. The second-order valence-corrected chi connectivity index (χ2v) is 6.60. The van der Waals surface area contributed by atoms with Gasteiger partial charge in [0.25, 0.3) is 0 Å². The summed E-state index contributed by atoms with van der Waals surface area (Å²) in [5, 5.41) is 11.0. The van der Waals surface area contributed by atoms with Crippen LogP contribution in [0, 0.1) is 12.8 Å². The number of pyridine rings is 1. The fourth-order valence-corrected chi connectivity index (χ4v) is 3.62. The molecule has 0 atom stereocenters. The predicted molar refractivity (Wildman–Crippen MR) is 78.3 cm³/mol. The first-order valence-corrected chi connectivity index (χ1v) is 7.80. The molecule has 1 saturated carbocycles. The van der Waals surface area contributed by atoms with Gasteiger partial charge in [-0.15, -0.1) is 10.2 Å². The van der Waals surface area contributed by atoms with Crippen LogP contribution in [0.25, 0.3) is 10.6 Å². The third-order valence-corrected chi connectivity index (χ3v) is 5.10. The van der Waals surface area contributed by atoms with E-state index in [4.69, 9.17) is 0 Å². The van der Waals surface area contributed by atoms with Crippen molar-refractivity contribution in [3.63, 3.8) is 0 Å². The summed E-state index contributed by atoms with van der Waals surface area (Å²) in [5.74, 6) is 1.51. The Morgan fingerprint density at radius 1 is 1.11 bits per heavy atom. The van der Waals surface area contributed by atoms with Crippen molar-refractivity contribution >= 4 is 11.3 Å². The molecular weight excluding hydrogens is 254 g/mol. The first-order chi connectivity index (χ1) is 9.22. The highest BCUT2D eigenvalue weighted by Crippen LogP contribution is 2.38. The molecule has 0 aromatic carbocycles. The molecule has 0 spiro atoms. The van der Waals surface area contributed by atoms with Crippen LogP contribution in [-0.2, 0) is 0 Å². The fraction of sp³-hybridized carbons (Fsp3) is 0.533. The van der Waals surface area contributed by atoms with Crippen LogP contribution >= 0.6 is 11.3 Å². The number of hydrogen-bond acceptors (Lipinski definition) is 4. The van der Waals surface area contributed by atoms with Gasteiger partial charge >= 0.3 is 0 Å². The van der Waals surface area contributed by atoms with Gasteiger partial charge in [-0.05, 0) is 37.8 Å². The highest BCUT2D eigenvalue weighted by Gasteiger charge is 2.23. The summed E-state index contributed by atoms with van der Waals surface area (Å²) in [7, 11) is 0. The predicted octanol–water partition coefficient (Wildman–Crippen LogP) is 4.20. The van der Waals surface area contributed by atoms with Crippen molar-refractivity contribution in [3.8, 4) is 10.6 Å². The molecule has 2 aromatic rings. The zero-order chi connectivity index (χ0) is 13.2. The van der Waals surface area contributed by atoms with E-state index in [9.17, 15) is 0 Å². The third-order valence-electron chi connectivity index (χ3n) is 3.96. The lowest BCUT2D eigenvalue weighted by Crippen LogP contribution is -2.10. The van der Waals surface area contributed by atoms with Gasteiger partial charge in [0.1, 0.15) is 10.0 Å². The molecule has 0 N–H and O–H groups in total. The zero-order valence-electron chi connectivity index (χ0n) is 11.5. The molecule has 0 radical (unpaired) electrons. The van der Waals surface area contributed by atoms with Crippen molar-refractivity contribution in [1.82, 2.24) is 15.2 Å². The molecule has 1 aliphatic carbocycles. The molecule has 100 valence electrons. The van der Waals surface area contributed by atoms with Crippen molar-refractivity contribution in [2.45, 2.75) is 45.4 Å². The largest absolute Gasteiger partial charge is 0.261 e. The Hall–Kier alpha value is -1.29. The monoisotopic (exact) mass is 273 g/mol. The van der Waals surface area contributed by atoms with Crippen molar-refractivity contribution < 1.29 is 0 Å². The van der Waals surface area contributed by atoms with E-state index in [2.05, 4.69) is 28.2 Å². The fourth-order valence-electron chi connectivity index (χ4n) is 2.62. The minimum Gasteiger partial charge on any atom is -0.261 e. The molecule has 1 aliphatic rings. The van der Waals surface area contributed by atoms with Crippen LogP contribution in [0.3, 0.4) is 0 Å². The molecule has 3 rings (SSSR count). The number of aromatic nitrogens is 3. The highest BCUT2D eigenvalue weighted by molar-refractivity contribution is 7.14. The molecule has 4 heteroatoms. The lowest BCUT2D eigenvalue weighted by Gasteiger charge is -2.23. The molecule has 3 nitrogen and oxygen atoms in total. The van der Waals surface area contributed by atoms with Gasteiger partial charge in [0, 0.05) is 23.4 Å². The summed E-state index contributed by atoms with van der Waals surface area (Å²) in [6, 6.07) is 4.11. The van der Waals surface area contributed by atoms with Crippen molar-refractivity contribution in [2.75, 3.05) is 0 Å². The Kier molecular flexibility index (Phi) is 3.60. The van der Waals surface area contributed by atoms with E-state index < -0.39 is 0 Å². The second kappa shape index (κ2) is 5.37. The summed E-state index contributed by atoms with van der Waals surface area (Å²) < 4.78 is 0. The van der Waals surface area contributed by atoms with Crippen molar-refractivity contribution in [2.24, 2.45) is 5.92 Å². The minimum atomic E-state index is 0.626. The van der Waals surface area contributed by atoms with E-state index in [0.717, 1.165) is 22.2 Å². The van der Waals surface area contributed by atoms with Gasteiger partial charge in [0.05, 0.1) is 0 Å². The third kappa shape index (κ3) is 2.84. The molecule has 2 aromatic heterocycles. The van der Waals surface area contributed by atoms with E-state index in [1.165, 1.54) is 30.7 Å². The van der Waals surface area contributed by atoms with Gasteiger partial charge in [0.2, 0.25) is 0 Å². The zero-order valence-corrected chi connectivity index (χ0v) is 12.3. The highest BCUT2D eigenvalue weighted by atomic mass is 32.1. The molecule has 19 heavy (non-hydrogen) atoms. The molecule has 2 heterocycles.